The highest BCUT2D eigenvalue weighted by atomic mass is 35.5. The molecule has 0 aliphatic heterocycles. The standard InChI is InChI=1S/C12H13ClN2O3/c13-9-4-1-7(12(17)18)5-10(9)15-11(16)6-14-8-2-3-8/h1,4-5,8,14H,2-3,6H2,(H,15,16)(H,17,18). The fourth-order valence-corrected chi connectivity index (χ4v) is 1.64. The van der Waals surface area contributed by atoms with E-state index in [0.29, 0.717) is 16.8 Å². The van der Waals surface area contributed by atoms with Gasteiger partial charge in [-0.25, -0.2) is 4.79 Å². The molecule has 0 aromatic heterocycles. The Kier molecular flexibility index (Phi) is 3.84. The summed E-state index contributed by atoms with van der Waals surface area (Å²) in [5.41, 5.74) is 0.406. The number of hydrogen-bond donors (Lipinski definition) is 3. The Morgan fingerprint density at radius 3 is 2.72 bits per heavy atom. The molecule has 1 aliphatic rings. The Morgan fingerprint density at radius 1 is 1.39 bits per heavy atom. The van der Waals surface area contributed by atoms with Crippen LogP contribution in [0.2, 0.25) is 5.02 Å². The zero-order chi connectivity index (χ0) is 13.1. The van der Waals surface area contributed by atoms with Crippen molar-refractivity contribution in [3.05, 3.63) is 28.8 Å². The van der Waals surface area contributed by atoms with Gasteiger partial charge in [-0.05, 0) is 31.0 Å². The van der Waals surface area contributed by atoms with Gasteiger partial charge in [0.15, 0.2) is 0 Å². The lowest BCUT2D eigenvalue weighted by molar-refractivity contribution is -0.115. The highest BCUT2D eigenvalue weighted by Gasteiger charge is 2.21. The number of anilines is 1. The first-order chi connectivity index (χ1) is 8.56. The van der Waals surface area contributed by atoms with E-state index in [-0.39, 0.29) is 18.0 Å². The molecule has 3 N–H and O–H groups in total. The van der Waals surface area contributed by atoms with Crippen molar-refractivity contribution in [1.82, 2.24) is 5.32 Å². The molecule has 6 heteroatoms. The molecule has 1 amide bonds. The largest absolute Gasteiger partial charge is 0.478 e. The van der Waals surface area contributed by atoms with Gasteiger partial charge < -0.3 is 15.7 Å². The molecule has 96 valence electrons. The molecule has 0 radical (unpaired) electrons. The van der Waals surface area contributed by atoms with Gasteiger partial charge in [0.25, 0.3) is 0 Å². The summed E-state index contributed by atoms with van der Waals surface area (Å²) in [6, 6.07) is 4.63. The maximum absolute atomic E-state index is 11.6. The van der Waals surface area contributed by atoms with Crippen LogP contribution in [0.5, 0.6) is 0 Å². The Labute approximate surface area is 109 Å². The normalized spacial score (nSPS) is 14.3. The van der Waals surface area contributed by atoms with Crippen LogP contribution in [0.1, 0.15) is 23.2 Å². The minimum absolute atomic E-state index is 0.0878. The van der Waals surface area contributed by atoms with Crippen molar-refractivity contribution in [2.45, 2.75) is 18.9 Å². The van der Waals surface area contributed by atoms with Crippen LogP contribution in [0, 0.1) is 0 Å². The van der Waals surface area contributed by atoms with Gasteiger partial charge in [0.05, 0.1) is 22.8 Å². The van der Waals surface area contributed by atoms with E-state index in [1.807, 2.05) is 0 Å². The summed E-state index contributed by atoms with van der Waals surface area (Å²) in [6.45, 7) is 0.207. The molecule has 1 fully saturated rings. The van der Waals surface area contributed by atoms with Crippen LogP contribution in [0.4, 0.5) is 5.69 Å². The number of nitrogens with one attached hydrogen (secondary N) is 2. The van der Waals surface area contributed by atoms with Crippen molar-refractivity contribution < 1.29 is 14.7 Å². The Morgan fingerprint density at radius 2 is 2.11 bits per heavy atom. The molecule has 2 rings (SSSR count). The summed E-state index contributed by atoms with van der Waals surface area (Å²) < 4.78 is 0. The van der Waals surface area contributed by atoms with Crippen molar-refractivity contribution in [2.75, 3.05) is 11.9 Å². The van der Waals surface area contributed by atoms with Crippen LogP contribution in [0.3, 0.4) is 0 Å². The van der Waals surface area contributed by atoms with E-state index in [2.05, 4.69) is 10.6 Å². The van der Waals surface area contributed by atoms with Gasteiger partial charge in [-0.3, -0.25) is 4.79 Å². The Hall–Kier alpha value is -1.59. The molecule has 0 bridgehead atoms. The van der Waals surface area contributed by atoms with Crippen LogP contribution in [0.15, 0.2) is 18.2 Å². The monoisotopic (exact) mass is 268 g/mol. The second kappa shape index (κ2) is 5.37. The van der Waals surface area contributed by atoms with Crippen LogP contribution in [0.25, 0.3) is 0 Å². The number of halogens is 1. The third kappa shape index (κ3) is 3.45. The summed E-state index contributed by atoms with van der Waals surface area (Å²) in [5, 5.41) is 14.8. The third-order valence-corrected chi connectivity index (χ3v) is 2.95. The number of carbonyl (C=O) groups is 2. The van der Waals surface area contributed by atoms with E-state index >= 15 is 0 Å². The van der Waals surface area contributed by atoms with Crippen molar-refractivity contribution in [3.8, 4) is 0 Å². The second-order valence-corrected chi connectivity index (χ2v) is 4.61. The number of aromatic carboxylic acids is 1. The van der Waals surface area contributed by atoms with E-state index in [1.165, 1.54) is 18.2 Å². The molecule has 0 unspecified atom stereocenters. The summed E-state index contributed by atoms with van der Waals surface area (Å²) in [7, 11) is 0. The van der Waals surface area contributed by atoms with E-state index in [4.69, 9.17) is 16.7 Å². The fraction of sp³-hybridized carbons (Fsp3) is 0.333. The molecule has 0 spiro atoms. The average molecular weight is 269 g/mol. The lowest BCUT2D eigenvalue weighted by atomic mass is 10.2. The summed E-state index contributed by atoms with van der Waals surface area (Å²) in [5.74, 6) is -1.29. The number of carboxylic acid groups (broad SMARTS) is 1. The second-order valence-electron chi connectivity index (χ2n) is 4.20. The molecular formula is C12H13ClN2O3. The van der Waals surface area contributed by atoms with E-state index < -0.39 is 5.97 Å². The molecule has 18 heavy (non-hydrogen) atoms. The lowest BCUT2D eigenvalue weighted by Crippen LogP contribution is -2.29. The molecule has 1 aliphatic carbocycles. The van der Waals surface area contributed by atoms with Crippen molar-refractivity contribution in [2.24, 2.45) is 0 Å². The van der Waals surface area contributed by atoms with Gasteiger partial charge in [0, 0.05) is 6.04 Å². The quantitative estimate of drug-likeness (QED) is 0.760. The number of benzene rings is 1. The number of rotatable bonds is 5. The highest BCUT2D eigenvalue weighted by Crippen LogP contribution is 2.23. The topological polar surface area (TPSA) is 78.4 Å². The molecule has 0 saturated heterocycles. The minimum atomic E-state index is -1.06. The molecule has 0 heterocycles. The molecular weight excluding hydrogens is 256 g/mol. The molecule has 0 atom stereocenters. The van der Waals surface area contributed by atoms with Gasteiger partial charge in [-0.15, -0.1) is 0 Å². The van der Waals surface area contributed by atoms with Gasteiger partial charge in [0.2, 0.25) is 5.91 Å². The maximum Gasteiger partial charge on any atom is 0.335 e. The zero-order valence-corrected chi connectivity index (χ0v) is 10.3. The number of carboxylic acids is 1. The number of hydrogen-bond acceptors (Lipinski definition) is 3. The maximum atomic E-state index is 11.6. The van der Waals surface area contributed by atoms with Crippen LogP contribution < -0.4 is 10.6 Å². The van der Waals surface area contributed by atoms with Crippen molar-refractivity contribution in [1.29, 1.82) is 0 Å². The molecule has 1 aromatic rings. The third-order valence-electron chi connectivity index (χ3n) is 2.62. The van der Waals surface area contributed by atoms with Crippen LogP contribution in [-0.4, -0.2) is 29.6 Å². The van der Waals surface area contributed by atoms with Crippen LogP contribution in [-0.2, 0) is 4.79 Å². The average Bonchev–Trinajstić information content (AvgIpc) is 3.13. The van der Waals surface area contributed by atoms with Crippen LogP contribution >= 0.6 is 11.6 Å². The van der Waals surface area contributed by atoms with Gasteiger partial charge in [-0.2, -0.15) is 0 Å². The Balaban J connectivity index is 1.99. The van der Waals surface area contributed by atoms with Crippen molar-refractivity contribution in [3.63, 3.8) is 0 Å². The van der Waals surface area contributed by atoms with E-state index in [1.54, 1.807) is 0 Å². The fourth-order valence-electron chi connectivity index (χ4n) is 1.47. The van der Waals surface area contributed by atoms with Gasteiger partial charge >= 0.3 is 5.97 Å². The van der Waals surface area contributed by atoms with Crippen molar-refractivity contribution >= 4 is 29.2 Å². The molecule has 1 aromatic carbocycles. The minimum Gasteiger partial charge on any atom is -0.478 e. The summed E-state index contributed by atoms with van der Waals surface area (Å²) in [6.07, 6.45) is 2.20. The number of amides is 1. The summed E-state index contributed by atoms with van der Waals surface area (Å²) in [4.78, 5) is 22.4. The van der Waals surface area contributed by atoms with E-state index in [9.17, 15) is 9.59 Å². The predicted molar refractivity (Wildman–Crippen MR) is 68.1 cm³/mol. The highest BCUT2D eigenvalue weighted by molar-refractivity contribution is 6.33. The van der Waals surface area contributed by atoms with Gasteiger partial charge in [-0.1, -0.05) is 11.6 Å². The SMILES string of the molecule is O=C(CNC1CC1)Nc1cc(C(=O)O)ccc1Cl. The molecule has 5 nitrogen and oxygen atoms in total. The smallest absolute Gasteiger partial charge is 0.335 e. The first kappa shape index (κ1) is 12.9. The summed E-state index contributed by atoms with van der Waals surface area (Å²) >= 11 is 5.89. The zero-order valence-electron chi connectivity index (χ0n) is 9.57. The first-order valence-corrected chi connectivity index (χ1v) is 6.00. The Bertz CT molecular complexity index is 486. The number of carbonyl (C=O) groups excluding carboxylic acids is 1. The van der Waals surface area contributed by atoms with E-state index in [0.717, 1.165) is 12.8 Å². The molecule has 1 saturated carbocycles. The van der Waals surface area contributed by atoms with Gasteiger partial charge in [0.1, 0.15) is 0 Å². The first-order valence-electron chi connectivity index (χ1n) is 5.62. The predicted octanol–water partition coefficient (Wildman–Crippen LogP) is 1.73. The lowest BCUT2D eigenvalue weighted by Gasteiger charge is -2.08.